The summed E-state index contributed by atoms with van der Waals surface area (Å²) in [7, 11) is 0. The fourth-order valence-electron chi connectivity index (χ4n) is 1.08. The van der Waals surface area contributed by atoms with Crippen molar-refractivity contribution >= 4 is 11.6 Å². The number of nitrogens with one attached hydrogen (secondary N) is 1. The molecule has 0 aliphatic rings. The van der Waals surface area contributed by atoms with Gasteiger partial charge in [0.15, 0.2) is 0 Å². The topological polar surface area (TPSA) is 29.1 Å². The van der Waals surface area contributed by atoms with E-state index in [-0.39, 0.29) is 5.91 Å². The number of hydrogen-bond donors (Lipinski definition) is 1. The molecule has 0 spiro atoms. The molecule has 0 saturated carbocycles. The fourth-order valence-corrected chi connectivity index (χ4v) is 1.08. The Kier molecular flexibility index (Phi) is 3.68. The normalized spacial score (nSPS) is 9.14. The monoisotopic (exact) mass is 187 g/mol. The van der Waals surface area contributed by atoms with E-state index in [9.17, 15) is 4.79 Å². The number of allylic oxidation sites excluding steroid dienone is 1. The smallest absolute Gasteiger partial charge is 0.247 e. The van der Waals surface area contributed by atoms with Gasteiger partial charge in [-0.3, -0.25) is 4.79 Å². The van der Waals surface area contributed by atoms with E-state index in [1.54, 1.807) is 0 Å². The van der Waals surface area contributed by atoms with Crippen molar-refractivity contribution in [3.63, 3.8) is 0 Å². The predicted octanol–water partition coefficient (Wildman–Crippen LogP) is 2.54. The van der Waals surface area contributed by atoms with Crippen molar-refractivity contribution in [2.24, 2.45) is 0 Å². The number of anilines is 1. The lowest BCUT2D eigenvalue weighted by atomic mass is 10.1. The van der Waals surface area contributed by atoms with Crippen molar-refractivity contribution in [3.05, 3.63) is 55.1 Å². The second kappa shape index (κ2) is 5.02. The van der Waals surface area contributed by atoms with Crippen LogP contribution < -0.4 is 5.32 Å². The summed E-state index contributed by atoms with van der Waals surface area (Å²) in [5.41, 5.74) is 1.96. The lowest BCUT2D eigenvalue weighted by Gasteiger charge is -2.02. The van der Waals surface area contributed by atoms with E-state index >= 15 is 0 Å². The maximum Gasteiger partial charge on any atom is 0.247 e. The van der Waals surface area contributed by atoms with Crippen molar-refractivity contribution < 1.29 is 4.79 Å². The fraction of sp³-hybridized carbons (Fsp3) is 0.0833. The molecule has 0 bridgehead atoms. The van der Waals surface area contributed by atoms with Crippen molar-refractivity contribution in [1.29, 1.82) is 0 Å². The number of rotatable bonds is 4. The van der Waals surface area contributed by atoms with Gasteiger partial charge in [-0.1, -0.05) is 24.8 Å². The molecule has 14 heavy (non-hydrogen) atoms. The van der Waals surface area contributed by atoms with Crippen molar-refractivity contribution in [3.8, 4) is 0 Å². The van der Waals surface area contributed by atoms with E-state index in [1.807, 2.05) is 30.3 Å². The molecule has 1 aromatic carbocycles. The minimum atomic E-state index is -0.193. The third kappa shape index (κ3) is 2.90. The first kappa shape index (κ1) is 10.3. The summed E-state index contributed by atoms with van der Waals surface area (Å²) in [6.07, 6.45) is 3.94. The van der Waals surface area contributed by atoms with Crippen molar-refractivity contribution in [2.45, 2.75) is 6.42 Å². The highest BCUT2D eigenvalue weighted by molar-refractivity contribution is 5.98. The number of carbonyl (C=O) groups is 1. The summed E-state index contributed by atoms with van der Waals surface area (Å²) in [6, 6.07) is 7.64. The Morgan fingerprint density at radius 2 is 1.93 bits per heavy atom. The second-order valence-corrected chi connectivity index (χ2v) is 2.88. The SMILES string of the molecule is C=CCc1ccc(NC(=O)C=C)cc1. The van der Waals surface area contributed by atoms with Crippen molar-refractivity contribution in [1.82, 2.24) is 0 Å². The number of carbonyl (C=O) groups excluding carboxylic acids is 1. The maximum atomic E-state index is 10.9. The Labute approximate surface area is 84.0 Å². The van der Waals surface area contributed by atoms with Crippen LogP contribution in [0.2, 0.25) is 0 Å². The first-order chi connectivity index (χ1) is 6.76. The lowest BCUT2D eigenvalue weighted by molar-refractivity contribution is -0.111. The maximum absolute atomic E-state index is 10.9. The minimum Gasteiger partial charge on any atom is -0.323 e. The summed E-state index contributed by atoms with van der Waals surface area (Å²) in [5.74, 6) is -0.193. The molecule has 0 unspecified atom stereocenters. The van der Waals surface area contributed by atoms with Gasteiger partial charge >= 0.3 is 0 Å². The van der Waals surface area contributed by atoms with E-state index < -0.39 is 0 Å². The van der Waals surface area contributed by atoms with E-state index in [2.05, 4.69) is 18.5 Å². The Morgan fingerprint density at radius 1 is 1.29 bits per heavy atom. The third-order valence-electron chi connectivity index (χ3n) is 1.79. The second-order valence-electron chi connectivity index (χ2n) is 2.88. The molecule has 0 aliphatic carbocycles. The molecule has 0 heterocycles. The average molecular weight is 187 g/mol. The lowest BCUT2D eigenvalue weighted by Crippen LogP contribution is -2.06. The van der Waals surface area contributed by atoms with Gasteiger partial charge in [0.05, 0.1) is 0 Å². The van der Waals surface area contributed by atoms with Gasteiger partial charge in [-0.2, -0.15) is 0 Å². The molecule has 1 aromatic rings. The molecule has 1 amide bonds. The molecule has 0 aliphatic heterocycles. The van der Waals surface area contributed by atoms with E-state index in [0.29, 0.717) is 0 Å². The highest BCUT2D eigenvalue weighted by Crippen LogP contribution is 2.10. The first-order valence-corrected chi connectivity index (χ1v) is 4.39. The molecular formula is C12H13NO. The van der Waals surface area contributed by atoms with E-state index in [0.717, 1.165) is 12.1 Å². The molecule has 0 radical (unpaired) electrons. The largest absolute Gasteiger partial charge is 0.323 e. The molecule has 0 saturated heterocycles. The van der Waals surface area contributed by atoms with Gasteiger partial charge in [0.25, 0.3) is 0 Å². The minimum absolute atomic E-state index is 0.193. The van der Waals surface area contributed by atoms with Crippen LogP contribution in [-0.2, 0) is 11.2 Å². The molecule has 1 rings (SSSR count). The van der Waals surface area contributed by atoms with E-state index in [1.165, 1.54) is 11.6 Å². The Balaban J connectivity index is 2.68. The Morgan fingerprint density at radius 3 is 2.43 bits per heavy atom. The van der Waals surface area contributed by atoms with Gasteiger partial charge < -0.3 is 5.32 Å². The van der Waals surface area contributed by atoms with Crippen molar-refractivity contribution in [2.75, 3.05) is 5.32 Å². The van der Waals surface area contributed by atoms with Crippen LogP contribution in [0, 0.1) is 0 Å². The summed E-state index contributed by atoms with van der Waals surface area (Å²) >= 11 is 0. The standard InChI is InChI=1S/C12H13NO/c1-3-5-10-6-8-11(9-7-10)13-12(14)4-2/h3-4,6-9H,1-2,5H2,(H,13,14). The van der Waals surface area contributed by atoms with Gasteiger partial charge in [0.2, 0.25) is 5.91 Å². The Hall–Kier alpha value is -1.83. The van der Waals surface area contributed by atoms with Crippen LogP contribution in [0.4, 0.5) is 5.69 Å². The average Bonchev–Trinajstić information content (AvgIpc) is 2.21. The van der Waals surface area contributed by atoms with Crippen LogP contribution in [0.15, 0.2) is 49.6 Å². The number of hydrogen-bond acceptors (Lipinski definition) is 1. The molecule has 72 valence electrons. The number of amides is 1. The number of benzene rings is 1. The molecule has 0 fully saturated rings. The zero-order valence-electron chi connectivity index (χ0n) is 7.99. The van der Waals surface area contributed by atoms with Crippen LogP contribution in [0.25, 0.3) is 0 Å². The quantitative estimate of drug-likeness (QED) is 0.569. The van der Waals surface area contributed by atoms with E-state index in [4.69, 9.17) is 0 Å². The van der Waals surface area contributed by atoms with Crippen LogP contribution in [0.3, 0.4) is 0 Å². The first-order valence-electron chi connectivity index (χ1n) is 4.39. The van der Waals surface area contributed by atoms with Gasteiger partial charge in [0.1, 0.15) is 0 Å². The summed E-state index contributed by atoms with van der Waals surface area (Å²) in [4.78, 5) is 10.9. The Bertz CT molecular complexity index is 338. The van der Waals surface area contributed by atoms with Crippen LogP contribution >= 0.6 is 0 Å². The van der Waals surface area contributed by atoms with Crippen LogP contribution in [0.1, 0.15) is 5.56 Å². The molecule has 2 nitrogen and oxygen atoms in total. The van der Waals surface area contributed by atoms with Gasteiger partial charge in [-0.05, 0) is 30.2 Å². The van der Waals surface area contributed by atoms with Crippen LogP contribution in [-0.4, -0.2) is 5.91 Å². The third-order valence-corrected chi connectivity index (χ3v) is 1.79. The molecular weight excluding hydrogens is 174 g/mol. The zero-order chi connectivity index (χ0) is 10.4. The molecule has 0 atom stereocenters. The van der Waals surface area contributed by atoms with Crippen LogP contribution in [0.5, 0.6) is 0 Å². The highest BCUT2D eigenvalue weighted by Gasteiger charge is 1.96. The summed E-state index contributed by atoms with van der Waals surface area (Å²) in [6.45, 7) is 7.04. The van der Waals surface area contributed by atoms with Gasteiger partial charge in [-0.15, -0.1) is 6.58 Å². The molecule has 2 heteroatoms. The highest BCUT2D eigenvalue weighted by atomic mass is 16.1. The summed E-state index contributed by atoms with van der Waals surface area (Å²) in [5, 5.41) is 2.68. The zero-order valence-corrected chi connectivity index (χ0v) is 7.99. The summed E-state index contributed by atoms with van der Waals surface area (Å²) < 4.78 is 0. The van der Waals surface area contributed by atoms with Gasteiger partial charge in [-0.25, -0.2) is 0 Å². The van der Waals surface area contributed by atoms with Gasteiger partial charge in [0, 0.05) is 5.69 Å². The molecule has 0 aromatic heterocycles. The molecule has 1 N–H and O–H groups in total. The predicted molar refractivity (Wildman–Crippen MR) is 59.2 cm³/mol.